The molecule has 1 aromatic carbocycles. The number of aromatic carboxylic acids is 1. The Morgan fingerprint density at radius 1 is 1.29 bits per heavy atom. The number of carbonyl (C=O) groups excluding carboxylic acids is 1. The molecule has 0 atom stereocenters. The lowest BCUT2D eigenvalue weighted by Crippen LogP contribution is -2.56. The van der Waals surface area contributed by atoms with Crippen molar-refractivity contribution in [3.8, 4) is 11.5 Å². The number of ether oxygens (including phenoxy) is 1. The summed E-state index contributed by atoms with van der Waals surface area (Å²) in [5.41, 5.74) is 1.35. The Morgan fingerprint density at radius 3 is 2.82 bits per heavy atom. The highest BCUT2D eigenvalue weighted by atomic mass is 16.5. The van der Waals surface area contributed by atoms with Crippen molar-refractivity contribution in [1.82, 2.24) is 9.88 Å². The molecule has 0 aliphatic carbocycles. The van der Waals surface area contributed by atoms with Crippen molar-refractivity contribution < 1.29 is 29.1 Å². The SMILES string of the molecule is O=C(O)c1c(OC2CN(C(=O)Cc3ccccn3)C2)ccc2c1OB(O)CC2. The zero-order chi connectivity index (χ0) is 19.7. The number of hydrogen-bond donors (Lipinski definition) is 2. The van der Waals surface area contributed by atoms with Crippen LogP contribution in [0.15, 0.2) is 36.5 Å². The van der Waals surface area contributed by atoms with Gasteiger partial charge in [-0.05, 0) is 36.5 Å². The Balaban J connectivity index is 1.41. The number of nitrogens with zero attached hydrogens (tertiary/aromatic N) is 2. The molecule has 9 heteroatoms. The van der Waals surface area contributed by atoms with Crippen LogP contribution in [0.4, 0.5) is 0 Å². The predicted molar refractivity (Wildman–Crippen MR) is 99.5 cm³/mol. The van der Waals surface area contributed by atoms with E-state index in [2.05, 4.69) is 4.98 Å². The van der Waals surface area contributed by atoms with E-state index in [1.54, 1.807) is 35.4 Å². The summed E-state index contributed by atoms with van der Waals surface area (Å²) < 4.78 is 11.2. The van der Waals surface area contributed by atoms with Crippen LogP contribution >= 0.6 is 0 Å². The molecule has 2 aromatic rings. The molecule has 8 nitrogen and oxygen atoms in total. The Labute approximate surface area is 161 Å². The summed E-state index contributed by atoms with van der Waals surface area (Å²) in [5, 5.41) is 19.3. The van der Waals surface area contributed by atoms with Crippen molar-refractivity contribution in [3.63, 3.8) is 0 Å². The maximum atomic E-state index is 12.3. The number of aryl methyl sites for hydroxylation is 1. The van der Waals surface area contributed by atoms with Gasteiger partial charge >= 0.3 is 13.1 Å². The molecule has 1 fully saturated rings. The third-order valence-electron chi connectivity index (χ3n) is 4.88. The smallest absolute Gasteiger partial charge is 0.522 e. The Hall–Kier alpha value is -3.07. The number of amides is 1. The van der Waals surface area contributed by atoms with Gasteiger partial charge in [0.2, 0.25) is 5.91 Å². The minimum absolute atomic E-state index is 0.0473. The molecule has 1 saturated heterocycles. The molecule has 0 saturated carbocycles. The van der Waals surface area contributed by atoms with Gasteiger partial charge in [0.1, 0.15) is 23.2 Å². The summed E-state index contributed by atoms with van der Waals surface area (Å²) in [6, 6.07) is 8.79. The zero-order valence-electron chi connectivity index (χ0n) is 15.1. The van der Waals surface area contributed by atoms with Gasteiger partial charge in [0.15, 0.2) is 0 Å². The molecule has 0 spiro atoms. The molecule has 1 aromatic heterocycles. The van der Waals surface area contributed by atoms with E-state index >= 15 is 0 Å². The first-order valence-electron chi connectivity index (χ1n) is 9.09. The topological polar surface area (TPSA) is 109 Å². The van der Waals surface area contributed by atoms with Crippen molar-refractivity contribution in [2.75, 3.05) is 13.1 Å². The summed E-state index contributed by atoms with van der Waals surface area (Å²) in [6.45, 7) is 0.761. The van der Waals surface area contributed by atoms with Gasteiger partial charge in [-0.15, -0.1) is 0 Å². The lowest BCUT2D eigenvalue weighted by atomic mass is 9.78. The summed E-state index contributed by atoms with van der Waals surface area (Å²) in [7, 11) is -1.02. The van der Waals surface area contributed by atoms with E-state index in [0.717, 1.165) is 5.56 Å². The van der Waals surface area contributed by atoms with E-state index in [0.29, 0.717) is 31.5 Å². The summed E-state index contributed by atoms with van der Waals surface area (Å²) in [6.07, 6.45) is 2.53. The van der Waals surface area contributed by atoms with Crippen LogP contribution in [0.1, 0.15) is 21.6 Å². The lowest BCUT2D eigenvalue weighted by molar-refractivity contribution is -0.139. The van der Waals surface area contributed by atoms with Crippen molar-refractivity contribution in [3.05, 3.63) is 53.3 Å². The van der Waals surface area contributed by atoms with Crippen molar-refractivity contribution >= 4 is 19.0 Å². The molecule has 3 heterocycles. The van der Waals surface area contributed by atoms with Crippen LogP contribution in [0.2, 0.25) is 6.32 Å². The quantitative estimate of drug-likeness (QED) is 0.744. The molecule has 0 bridgehead atoms. The normalized spacial score (nSPS) is 16.0. The second-order valence-electron chi connectivity index (χ2n) is 6.88. The van der Waals surface area contributed by atoms with E-state index in [-0.39, 0.29) is 35.5 Å². The number of carboxylic acid groups (broad SMARTS) is 1. The number of fused-ring (bicyclic) bond motifs is 1. The summed E-state index contributed by atoms with van der Waals surface area (Å²) >= 11 is 0. The number of hydrogen-bond acceptors (Lipinski definition) is 6. The molecular weight excluding hydrogens is 363 g/mol. The van der Waals surface area contributed by atoms with E-state index in [1.165, 1.54) is 0 Å². The zero-order valence-corrected chi connectivity index (χ0v) is 15.1. The maximum absolute atomic E-state index is 12.3. The fourth-order valence-electron chi connectivity index (χ4n) is 3.38. The van der Waals surface area contributed by atoms with E-state index < -0.39 is 13.1 Å². The average Bonchev–Trinajstić information content (AvgIpc) is 2.64. The molecular formula is C19H19BN2O6. The Bertz CT molecular complexity index is 901. The van der Waals surface area contributed by atoms with Crippen molar-refractivity contribution in [1.29, 1.82) is 0 Å². The minimum atomic E-state index is -1.18. The highest BCUT2D eigenvalue weighted by Crippen LogP contribution is 2.37. The van der Waals surface area contributed by atoms with Crippen LogP contribution in [0.25, 0.3) is 0 Å². The number of pyridine rings is 1. The number of rotatable bonds is 5. The van der Waals surface area contributed by atoms with Crippen LogP contribution in [0.5, 0.6) is 11.5 Å². The molecule has 28 heavy (non-hydrogen) atoms. The van der Waals surface area contributed by atoms with Gasteiger partial charge in [-0.3, -0.25) is 9.78 Å². The predicted octanol–water partition coefficient (Wildman–Crippen LogP) is 1.03. The minimum Gasteiger partial charge on any atom is -0.535 e. The van der Waals surface area contributed by atoms with E-state index in [9.17, 15) is 19.7 Å². The molecule has 2 N–H and O–H groups in total. The molecule has 4 rings (SSSR count). The van der Waals surface area contributed by atoms with Crippen LogP contribution in [-0.2, 0) is 17.6 Å². The van der Waals surface area contributed by atoms with Crippen LogP contribution in [0, 0.1) is 0 Å². The first kappa shape index (κ1) is 18.3. The standard InChI is InChI=1S/C19H19BN2O6/c23-16(9-13-3-1-2-8-21-13)22-10-14(11-22)27-15-5-4-12-6-7-20(26)28-18(12)17(15)19(24)25/h1-5,8,14,26H,6-7,9-11H2,(H,24,25). The number of aromatic nitrogens is 1. The summed E-state index contributed by atoms with van der Waals surface area (Å²) in [5.74, 6) is -0.884. The molecule has 0 unspecified atom stereocenters. The molecule has 144 valence electrons. The fraction of sp³-hybridized carbons (Fsp3) is 0.316. The first-order chi connectivity index (χ1) is 13.5. The Kier molecular flexibility index (Phi) is 4.91. The second-order valence-corrected chi connectivity index (χ2v) is 6.88. The van der Waals surface area contributed by atoms with Gasteiger partial charge in [0, 0.05) is 11.9 Å². The molecule has 2 aliphatic heterocycles. The highest BCUT2D eigenvalue weighted by Gasteiger charge is 2.35. The third-order valence-corrected chi connectivity index (χ3v) is 4.88. The van der Waals surface area contributed by atoms with E-state index in [4.69, 9.17) is 9.39 Å². The van der Waals surface area contributed by atoms with Gasteiger partial charge in [0.25, 0.3) is 0 Å². The van der Waals surface area contributed by atoms with Crippen molar-refractivity contribution in [2.45, 2.75) is 25.3 Å². The molecule has 1 amide bonds. The monoisotopic (exact) mass is 382 g/mol. The Morgan fingerprint density at radius 2 is 2.11 bits per heavy atom. The van der Waals surface area contributed by atoms with Gasteiger partial charge < -0.3 is 24.4 Å². The van der Waals surface area contributed by atoms with Crippen LogP contribution in [-0.4, -0.2) is 58.2 Å². The van der Waals surface area contributed by atoms with Crippen LogP contribution < -0.4 is 9.39 Å². The van der Waals surface area contributed by atoms with Crippen LogP contribution in [0.3, 0.4) is 0 Å². The summed E-state index contributed by atoms with van der Waals surface area (Å²) in [4.78, 5) is 29.8. The van der Waals surface area contributed by atoms with Gasteiger partial charge in [-0.2, -0.15) is 0 Å². The highest BCUT2D eigenvalue weighted by molar-refractivity contribution is 6.44. The van der Waals surface area contributed by atoms with Gasteiger partial charge in [0.05, 0.1) is 19.5 Å². The van der Waals surface area contributed by atoms with Gasteiger partial charge in [-0.1, -0.05) is 12.1 Å². The second kappa shape index (κ2) is 7.51. The fourth-order valence-corrected chi connectivity index (χ4v) is 3.38. The largest absolute Gasteiger partial charge is 0.535 e. The molecule has 0 radical (unpaired) electrons. The maximum Gasteiger partial charge on any atom is 0.522 e. The number of carbonyl (C=O) groups is 2. The number of benzene rings is 1. The van der Waals surface area contributed by atoms with Crippen molar-refractivity contribution in [2.24, 2.45) is 0 Å². The number of likely N-dealkylation sites (tertiary alicyclic amines) is 1. The molecule has 2 aliphatic rings. The lowest BCUT2D eigenvalue weighted by Gasteiger charge is -2.39. The number of carboxylic acids is 1. The van der Waals surface area contributed by atoms with E-state index in [1.807, 2.05) is 6.07 Å². The van der Waals surface area contributed by atoms with Gasteiger partial charge in [-0.25, -0.2) is 4.79 Å². The first-order valence-corrected chi connectivity index (χ1v) is 9.09. The average molecular weight is 382 g/mol. The third kappa shape index (κ3) is 3.66.